The van der Waals surface area contributed by atoms with E-state index in [4.69, 9.17) is 6.42 Å². The second kappa shape index (κ2) is 3.00. The summed E-state index contributed by atoms with van der Waals surface area (Å²) in [5.41, 5.74) is 0.966. The molecule has 1 nitrogen and oxygen atoms in total. The molecular weight excluding hydrogens is 170 g/mol. The van der Waals surface area contributed by atoms with Gasteiger partial charge in [0.05, 0.1) is 6.54 Å². The van der Waals surface area contributed by atoms with E-state index in [1.165, 1.54) is 19.3 Å². The minimum Gasteiger partial charge on any atom is -0.303 e. The summed E-state index contributed by atoms with van der Waals surface area (Å²) in [5.74, 6) is 3.59. The van der Waals surface area contributed by atoms with Crippen molar-refractivity contribution < 1.29 is 0 Å². The lowest BCUT2D eigenvalue weighted by Gasteiger charge is -2.39. The molecule has 78 valence electrons. The molecule has 1 N–H and O–H groups in total. The van der Waals surface area contributed by atoms with Crippen LogP contribution in [-0.4, -0.2) is 12.6 Å². The van der Waals surface area contributed by atoms with Crippen LogP contribution >= 0.6 is 0 Å². The van der Waals surface area contributed by atoms with E-state index in [9.17, 15) is 0 Å². The zero-order chi connectivity index (χ0) is 10.4. The van der Waals surface area contributed by atoms with Crippen molar-refractivity contribution in [2.45, 2.75) is 46.1 Å². The Morgan fingerprint density at radius 2 is 2.14 bits per heavy atom. The normalized spacial score (nSPS) is 43.9. The molecule has 14 heavy (non-hydrogen) atoms. The third-order valence-corrected chi connectivity index (χ3v) is 5.24. The highest BCUT2D eigenvalue weighted by molar-refractivity contribution is 5.13. The second-order valence-electron chi connectivity index (χ2n) is 5.75. The van der Waals surface area contributed by atoms with Crippen LogP contribution in [0.25, 0.3) is 0 Å². The molecule has 1 heteroatoms. The number of hydrogen-bond donors (Lipinski definition) is 1. The van der Waals surface area contributed by atoms with Gasteiger partial charge in [-0.3, -0.25) is 0 Å². The molecule has 0 saturated heterocycles. The molecule has 2 fully saturated rings. The van der Waals surface area contributed by atoms with Crippen LogP contribution < -0.4 is 5.32 Å². The summed E-state index contributed by atoms with van der Waals surface area (Å²) in [6, 6.07) is 0.646. The van der Waals surface area contributed by atoms with E-state index in [1.54, 1.807) is 0 Å². The standard InChI is InChI=1S/C13H21N/c1-5-8-14-11-9-10-6-7-13(11,4)12(10,2)3/h1,10-11,14H,6-9H2,2-4H3/t10-,11?,13+/m0/s1. The van der Waals surface area contributed by atoms with Crippen LogP contribution in [0, 0.1) is 29.1 Å². The van der Waals surface area contributed by atoms with Gasteiger partial charge in [0.25, 0.3) is 0 Å². The summed E-state index contributed by atoms with van der Waals surface area (Å²) >= 11 is 0. The van der Waals surface area contributed by atoms with Gasteiger partial charge in [-0.2, -0.15) is 0 Å². The molecule has 2 aliphatic rings. The Balaban J connectivity index is 2.15. The van der Waals surface area contributed by atoms with Gasteiger partial charge < -0.3 is 5.32 Å². The van der Waals surface area contributed by atoms with Crippen LogP contribution in [0.15, 0.2) is 0 Å². The quantitative estimate of drug-likeness (QED) is 0.661. The molecule has 3 atom stereocenters. The lowest BCUT2D eigenvalue weighted by Crippen LogP contribution is -2.44. The Kier molecular flexibility index (Phi) is 2.16. The zero-order valence-electron chi connectivity index (χ0n) is 9.56. The summed E-state index contributed by atoms with van der Waals surface area (Å²) in [5, 5.41) is 3.52. The van der Waals surface area contributed by atoms with Crippen LogP contribution in [0.5, 0.6) is 0 Å². The Hall–Kier alpha value is -0.480. The van der Waals surface area contributed by atoms with Gasteiger partial charge in [-0.05, 0) is 36.0 Å². The zero-order valence-corrected chi connectivity index (χ0v) is 9.56. The van der Waals surface area contributed by atoms with Crippen LogP contribution in [0.3, 0.4) is 0 Å². The first-order valence-electron chi connectivity index (χ1n) is 5.69. The van der Waals surface area contributed by atoms with Gasteiger partial charge in [-0.25, -0.2) is 0 Å². The van der Waals surface area contributed by atoms with E-state index in [1.807, 2.05) is 0 Å². The van der Waals surface area contributed by atoms with E-state index in [2.05, 4.69) is 32.0 Å². The summed E-state index contributed by atoms with van der Waals surface area (Å²) in [6.45, 7) is 8.03. The molecule has 0 amide bonds. The topological polar surface area (TPSA) is 12.0 Å². The average Bonchev–Trinajstić information content (AvgIpc) is 2.46. The van der Waals surface area contributed by atoms with Crippen LogP contribution in [-0.2, 0) is 0 Å². The van der Waals surface area contributed by atoms with E-state index in [0.29, 0.717) is 16.9 Å². The van der Waals surface area contributed by atoms with Gasteiger partial charge in [-0.1, -0.05) is 26.7 Å². The van der Waals surface area contributed by atoms with Gasteiger partial charge in [0.15, 0.2) is 0 Å². The van der Waals surface area contributed by atoms with Crippen molar-refractivity contribution in [3.05, 3.63) is 0 Å². The minimum atomic E-state index is 0.467. The maximum Gasteiger partial charge on any atom is 0.0576 e. The minimum absolute atomic E-state index is 0.467. The Morgan fingerprint density at radius 1 is 1.43 bits per heavy atom. The van der Waals surface area contributed by atoms with Crippen molar-refractivity contribution in [2.75, 3.05) is 6.54 Å². The lowest BCUT2D eigenvalue weighted by molar-refractivity contribution is 0.123. The fourth-order valence-corrected chi connectivity index (χ4v) is 3.69. The van der Waals surface area contributed by atoms with Crippen molar-refractivity contribution in [3.8, 4) is 12.3 Å². The molecule has 2 saturated carbocycles. The molecule has 2 bridgehead atoms. The molecule has 0 radical (unpaired) electrons. The SMILES string of the molecule is C#CCNC1C[C@@H]2CC[C@@]1(C)C2(C)C. The predicted molar refractivity (Wildman–Crippen MR) is 59.9 cm³/mol. The number of terminal acetylenes is 1. The van der Waals surface area contributed by atoms with Crippen molar-refractivity contribution in [2.24, 2.45) is 16.7 Å². The molecule has 0 aromatic rings. The highest BCUT2D eigenvalue weighted by atomic mass is 15.0. The summed E-state index contributed by atoms with van der Waals surface area (Å²) in [7, 11) is 0. The largest absolute Gasteiger partial charge is 0.303 e. The maximum atomic E-state index is 5.30. The number of rotatable bonds is 2. The monoisotopic (exact) mass is 191 g/mol. The number of fused-ring (bicyclic) bond motifs is 2. The molecule has 0 aromatic carbocycles. The first kappa shape index (κ1) is 10.1. The van der Waals surface area contributed by atoms with E-state index in [-0.39, 0.29) is 0 Å². The van der Waals surface area contributed by atoms with Crippen molar-refractivity contribution in [1.29, 1.82) is 0 Å². The predicted octanol–water partition coefficient (Wildman–Crippen LogP) is 2.42. The molecule has 0 aromatic heterocycles. The van der Waals surface area contributed by atoms with Gasteiger partial charge in [-0.15, -0.1) is 6.42 Å². The van der Waals surface area contributed by atoms with Crippen LogP contribution in [0.4, 0.5) is 0 Å². The first-order chi connectivity index (χ1) is 6.52. The van der Waals surface area contributed by atoms with Crippen LogP contribution in [0.1, 0.15) is 40.0 Å². The van der Waals surface area contributed by atoms with Gasteiger partial charge in [0.2, 0.25) is 0 Å². The number of nitrogens with one attached hydrogen (secondary N) is 1. The van der Waals surface area contributed by atoms with Gasteiger partial charge in [0, 0.05) is 6.04 Å². The van der Waals surface area contributed by atoms with E-state index in [0.717, 1.165) is 12.5 Å². The van der Waals surface area contributed by atoms with Gasteiger partial charge >= 0.3 is 0 Å². The van der Waals surface area contributed by atoms with Crippen molar-refractivity contribution in [1.82, 2.24) is 5.32 Å². The molecular formula is C13H21N. The smallest absolute Gasteiger partial charge is 0.0576 e. The molecule has 0 heterocycles. The first-order valence-corrected chi connectivity index (χ1v) is 5.69. The van der Waals surface area contributed by atoms with Gasteiger partial charge in [0.1, 0.15) is 0 Å². The third kappa shape index (κ3) is 1.07. The average molecular weight is 191 g/mol. The van der Waals surface area contributed by atoms with E-state index < -0.39 is 0 Å². The molecule has 1 unspecified atom stereocenters. The summed E-state index contributed by atoms with van der Waals surface area (Å²) < 4.78 is 0. The van der Waals surface area contributed by atoms with Crippen molar-refractivity contribution >= 4 is 0 Å². The maximum absolute atomic E-state index is 5.30. The Bertz CT molecular complexity index is 273. The third-order valence-electron chi connectivity index (χ3n) is 5.24. The summed E-state index contributed by atoms with van der Waals surface area (Å²) in [6.07, 6.45) is 9.41. The fourth-order valence-electron chi connectivity index (χ4n) is 3.69. The van der Waals surface area contributed by atoms with Crippen LogP contribution in [0.2, 0.25) is 0 Å². The molecule has 0 spiro atoms. The molecule has 0 aliphatic heterocycles. The fraction of sp³-hybridized carbons (Fsp3) is 0.846. The second-order valence-corrected chi connectivity index (χ2v) is 5.75. The molecule has 2 rings (SSSR count). The lowest BCUT2D eigenvalue weighted by atomic mass is 9.69. The highest BCUT2D eigenvalue weighted by Crippen LogP contribution is 2.65. The number of hydrogen-bond acceptors (Lipinski definition) is 1. The summed E-state index contributed by atoms with van der Waals surface area (Å²) in [4.78, 5) is 0. The highest BCUT2D eigenvalue weighted by Gasteiger charge is 2.60. The van der Waals surface area contributed by atoms with E-state index >= 15 is 0 Å². The Labute approximate surface area is 87.7 Å². The Morgan fingerprint density at radius 3 is 2.57 bits per heavy atom. The van der Waals surface area contributed by atoms with Crippen molar-refractivity contribution in [3.63, 3.8) is 0 Å². The molecule has 2 aliphatic carbocycles.